The SMILES string of the molecule is C/C=C\C.C=CC.CC(C)C.CCC(C=O)NC(=O)CNC(=O)C(NC(=O)NCC(=O)O)C(CCN=CN)NC.Cc1ccccc1. The highest BCUT2D eigenvalue weighted by atomic mass is 16.4. The van der Waals surface area contributed by atoms with Crippen molar-refractivity contribution in [2.75, 3.05) is 26.7 Å². The number of hydrogen-bond donors (Lipinski definition) is 7. The van der Waals surface area contributed by atoms with E-state index in [1.807, 2.05) is 51.1 Å². The third-order valence-corrected chi connectivity index (χ3v) is 5.06. The molecule has 0 radical (unpaired) electrons. The number of amides is 4. The number of benzene rings is 1. The number of nitrogens with zero attached hydrogens (tertiary/aromatic N) is 1. The van der Waals surface area contributed by atoms with Crippen LogP contribution in [0, 0.1) is 12.8 Å². The smallest absolute Gasteiger partial charge is 0.323 e. The van der Waals surface area contributed by atoms with Crippen molar-refractivity contribution in [1.82, 2.24) is 26.6 Å². The van der Waals surface area contributed by atoms with Gasteiger partial charge in [0.2, 0.25) is 11.8 Å². The molecule has 13 heteroatoms. The lowest BCUT2D eigenvalue weighted by molar-refractivity contribution is -0.135. The number of aldehydes is 1. The van der Waals surface area contributed by atoms with Crippen molar-refractivity contribution >= 4 is 36.4 Å². The van der Waals surface area contributed by atoms with Crippen molar-refractivity contribution in [2.24, 2.45) is 16.6 Å². The highest BCUT2D eigenvalue weighted by Gasteiger charge is 2.29. The van der Waals surface area contributed by atoms with Gasteiger partial charge in [0.15, 0.2) is 0 Å². The van der Waals surface area contributed by atoms with Gasteiger partial charge in [-0.3, -0.25) is 19.4 Å². The molecule has 0 aliphatic carbocycles. The number of nitrogens with two attached hydrogens (primary N) is 1. The Hall–Kier alpha value is -4.52. The number of carboxylic acids is 1. The second-order valence-electron chi connectivity index (χ2n) is 10.3. The van der Waals surface area contributed by atoms with Crippen LogP contribution in [0.4, 0.5) is 4.79 Å². The van der Waals surface area contributed by atoms with Crippen LogP contribution >= 0.6 is 0 Å². The van der Waals surface area contributed by atoms with Gasteiger partial charge in [-0.15, -0.1) is 6.58 Å². The summed E-state index contributed by atoms with van der Waals surface area (Å²) in [4.78, 5) is 61.5. The van der Waals surface area contributed by atoms with E-state index in [4.69, 9.17) is 10.8 Å². The normalized spacial score (nSPS) is 11.6. The van der Waals surface area contributed by atoms with E-state index in [1.165, 1.54) is 5.56 Å². The second kappa shape index (κ2) is 36.0. The van der Waals surface area contributed by atoms with E-state index in [-0.39, 0.29) is 6.54 Å². The molecule has 0 saturated heterocycles. The monoisotopic (exact) mass is 663 g/mol. The Kier molecular flexibility index (Phi) is 37.8. The Balaban J connectivity index is -0.000000412. The maximum atomic E-state index is 12.6. The number of nitrogens with one attached hydrogen (secondary N) is 5. The van der Waals surface area contributed by atoms with Gasteiger partial charge in [-0.1, -0.05) is 81.8 Å². The Morgan fingerprint density at radius 1 is 0.979 bits per heavy atom. The number of carboxylic acid groups (broad SMARTS) is 1. The van der Waals surface area contributed by atoms with E-state index >= 15 is 0 Å². The van der Waals surface area contributed by atoms with Gasteiger partial charge in [0, 0.05) is 12.6 Å². The molecule has 4 amide bonds. The van der Waals surface area contributed by atoms with Gasteiger partial charge >= 0.3 is 12.0 Å². The molecule has 0 aromatic heterocycles. The predicted molar refractivity (Wildman–Crippen MR) is 192 cm³/mol. The molecule has 3 atom stereocenters. The third kappa shape index (κ3) is 37.6. The van der Waals surface area contributed by atoms with Crippen LogP contribution in [0.3, 0.4) is 0 Å². The number of allylic oxidation sites excluding steroid dienone is 3. The van der Waals surface area contributed by atoms with E-state index < -0.39 is 55.0 Å². The summed E-state index contributed by atoms with van der Waals surface area (Å²) in [5.41, 5.74) is 6.51. The number of urea groups is 1. The van der Waals surface area contributed by atoms with Crippen molar-refractivity contribution in [2.45, 2.75) is 86.4 Å². The standard InChI is InChI=1S/C16H29N7O6.C7H8.C4H10.C4H8.C3H6/c1-3-10(8-24)22-12(25)6-20-15(28)14(11(18-2)4-5-19-9-17)23-16(29)21-7-13(26)27;1-7-5-3-2-4-6-7;1-4(2)3;1-3-4-2;1-3-2/h8-11,14,18H,3-7H2,1-2H3,(H2,17,19)(H,20,28)(H,22,25)(H,26,27)(H2,21,23,29);2-6H,1H3;4H,1-3H3;3-4H,1-2H3;3H,1H2,2H3/b;;;4-3-;. The number of carbonyl (C=O) groups excluding carboxylic acids is 4. The Labute approximate surface area is 282 Å². The number of rotatable bonds is 14. The van der Waals surface area contributed by atoms with Crippen LogP contribution in [-0.4, -0.2) is 86.4 Å². The zero-order valence-electron chi connectivity index (χ0n) is 29.8. The minimum atomic E-state index is -1.25. The van der Waals surface area contributed by atoms with Gasteiger partial charge in [0.05, 0.1) is 18.9 Å². The van der Waals surface area contributed by atoms with Gasteiger partial charge in [0.1, 0.15) is 18.9 Å². The van der Waals surface area contributed by atoms with E-state index in [0.717, 1.165) is 12.3 Å². The molecule has 1 aromatic carbocycles. The number of hydrogen-bond acceptors (Lipinski definition) is 7. The third-order valence-electron chi connectivity index (χ3n) is 5.06. The zero-order chi connectivity index (χ0) is 37.0. The van der Waals surface area contributed by atoms with Crippen LogP contribution in [0.2, 0.25) is 0 Å². The molecule has 1 rings (SSSR count). The number of aryl methyl sites for hydroxylation is 1. The molecule has 268 valence electrons. The first-order valence-corrected chi connectivity index (χ1v) is 15.6. The van der Waals surface area contributed by atoms with Crippen LogP contribution in [0.1, 0.15) is 66.9 Å². The molecule has 47 heavy (non-hydrogen) atoms. The Morgan fingerprint density at radius 2 is 1.51 bits per heavy atom. The fourth-order valence-electron chi connectivity index (χ4n) is 2.76. The molecule has 0 spiro atoms. The molecule has 3 unspecified atom stereocenters. The molecule has 0 saturated carbocycles. The topological polar surface area (TPSA) is 204 Å². The van der Waals surface area contributed by atoms with E-state index in [9.17, 15) is 24.0 Å². The maximum Gasteiger partial charge on any atom is 0.323 e. The van der Waals surface area contributed by atoms with E-state index in [0.29, 0.717) is 19.1 Å². The summed E-state index contributed by atoms with van der Waals surface area (Å²) >= 11 is 0. The molecule has 0 aliphatic rings. The van der Waals surface area contributed by atoms with Crippen molar-refractivity contribution in [3.63, 3.8) is 0 Å². The summed E-state index contributed by atoms with van der Waals surface area (Å²) in [7, 11) is 1.57. The lowest BCUT2D eigenvalue weighted by atomic mass is 10.0. The summed E-state index contributed by atoms with van der Waals surface area (Å²) in [6, 6.07) is 7.01. The highest BCUT2D eigenvalue weighted by Crippen LogP contribution is 2.01. The molecule has 0 aliphatic heterocycles. The van der Waals surface area contributed by atoms with Crippen molar-refractivity contribution in [3.05, 3.63) is 60.7 Å². The minimum Gasteiger partial charge on any atom is -0.480 e. The molecular weight excluding hydrogens is 602 g/mol. The first-order chi connectivity index (χ1) is 22.2. The van der Waals surface area contributed by atoms with E-state index in [1.54, 1.807) is 20.0 Å². The number of aliphatic carboxylic acids is 1. The summed E-state index contributed by atoms with van der Waals surface area (Å²) in [5.74, 6) is -1.66. The van der Waals surface area contributed by atoms with Crippen molar-refractivity contribution in [3.8, 4) is 0 Å². The van der Waals surface area contributed by atoms with Crippen LogP contribution < -0.4 is 32.3 Å². The van der Waals surface area contributed by atoms with Gasteiger partial charge in [-0.25, -0.2) is 4.79 Å². The summed E-state index contributed by atoms with van der Waals surface area (Å²) < 4.78 is 0. The minimum absolute atomic E-state index is 0.266. The average Bonchev–Trinajstić information content (AvgIpc) is 3.03. The van der Waals surface area contributed by atoms with Crippen LogP contribution in [0.15, 0.2) is 60.1 Å². The van der Waals surface area contributed by atoms with E-state index in [2.05, 4.69) is 78.0 Å². The lowest BCUT2D eigenvalue weighted by Crippen LogP contribution is -2.60. The number of likely N-dealkylation sites (N-methyl/N-ethyl adjacent to an activating group) is 1. The molecule has 0 bridgehead atoms. The molecule has 8 N–H and O–H groups in total. The number of aliphatic imine (C=N–C) groups is 1. The maximum absolute atomic E-state index is 12.6. The fourth-order valence-corrected chi connectivity index (χ4v) is 2.76. The molecule has 0 heterocycles. The quantitative estimate of drug-likeness (QED) is 0.0679. The van der Waals surface area contributed by atoms with Crippen LogP contribution in [0.25, 0.3) is 0 Å². The van der Waals surface area contributed by atoms with Gasteiger partial charge < -0.3 is 42.2 Å². The van der Waals surface area contributed by atoms with Crippen LogP contribution in [-0.2, 0) is 19.2 Å². The summed E-state index contributed by atoms with van der Waals surface area (Å²) in [6.07, 6.45) is 8.17. The predicted octanol–water partition coefficient (Wildman–Crippen LogP) is 3.35. The average molecular weight is 664 g/mol. The molecule has 13 nitrogen and oxygen atoms in total. The Morgan fingerprint density at radius 3 is 1.87 bits per heavy atom. The van der Waals surface area contributed by atoms with Crippen molar-refractivity contribution in [1.29, 1.82) is 0 Å². The molecular formula is C34H61N7O6. The van der Waals surface area contributed by atoms with Crippen LogP contribution in [0.5, 0.6) is 0 Å². The summed E-state index contributed by atoms with van der Waals surface area (Å²) in [6.45, 7) is 18.8. The van der Waals surface area contributed by atoms with Gasteiger partial charge in [0.25, 0.3) is 0 Å². The zero-order valence-corrected chi connectivity index (χ0v) is 29.8. The Bertz CT molecular complexity index is 1010. The fraction of sp³-hybridized carbons (Fsp3) is 0.529. The summed E-state index contributed by atoms with van der Waals surface area (Å²) in [5, 5.41) is 20.8. The first-order valence-electron chi connectivity index (χ1n) is 15.6. The second-order valence-corrected chi connectivity index (χ2v) is 10.3. The molecule has 0 fully saturated rings. The van der Waals surface area contributed by atoms with Gasteiger partial charge in [-0.2, -0.15) is 0 Å². The molecule has 1 aromatic rings. The highest BCUT2D eigenvalue weighted by molar-refractivity contribution is 5.91. The lowest BCUT2D eigenvalue weighted by Gasteiger charge is -2.26. The van der Waals surface area contributed by atoms with Crippen molar-refractivity contribution < 1.29 is 29.1 Å². The first kappa shape index (κ1) is 49.4. The largest absolute Gasteiger partial charge is 0.480 e. The van der Waals surface area contributed by atoms with Gasteiger partial charge in [-0.05, 0) is 53.5 Å². The number of carbonyl (C=O) groups is 5.